The summed E-state index contributed by atoms with van der Waals surface area (Å²) in [5, 5.41) is 8.87. The van der Waals surface area contributed by atoms with Gasteiger partial charge in [0.2, 0.25) is 0 Å². The van der Waals surface area contributed by atoms with Crippen LogP contribution in [0.4, 0.5) is 0 Å². The number of hydrogen-bond acceptors (Lipinski definition) is 2. The van der Waals surface area contributed by atoms with Gasteiger partial charge in [-0.15, -0.1) is 0 Å². The van der Waals surface area contributed by atoms with Crippen LogP contribution in [0.1, 0.15) is 68.9 Å². The zero-order valence-corrected chi connectivity index (χ0v) is 14.3. The third-order valence-electron chi connectivity index (χ3n) is 4.82. The number of ether oxygens (including phenoxy) is 1. The Balaban J connectivity index is 1.64. The van der Waals surface area contributed by atoms with Crippen molar-refractivity contribution in [3.05, 3.63) is 47.5 Å². The van der Waals surface area contributed by atoms with E-state index in [1.165, 1.54) is 50.5 Å². The number of rotatable bonds is 8. The van der Waals surface area contributed by atoms with Gasteiger partial charge in [-0.3, -0.25) is 0 Å². The Bertz CT molecular complexity index is 504. The maximum Gasteiger partial charge on any atom is 0.0991 e. The number of nitrogens with zero attached hydrogens (tertiary/aromatic N) is 1. The molecule has 1 aromatic carbocycles. The standard InChI is InChI=1S/C21H29NO/c1-2-3-4-5-6-15-23-17-19-9-13-21(14-10-19)20-11-7-18(16-22)8-12-20/h5-8,11-12,19,21H,2-4,9-10,13-15,17H2,1H3. The first-order valence-electron chi connectivity index (χ1n) is 9.06. The number of nitriles is 1. The molecule has 1 saturated carbocycles. The minimum absolute atomic E-state index is 0.660. The summed E-state index contributed by atoms with van der Waals surface area (Å²) in [5.41, 5.74) is 2.14. The van der Waals surface area contributed by atoms with Gasteiger partial charge in [-0.25, -0.2) is 0 Å². The van der Waals surface area contributed by atoms with E-state index in [0.29, 0.717) is 11.8 Å². The van der Waals surface area contributed by atoms with Gasteiger partial charge in [-0.1, -0.05) is 44.1 Å². The van der Waals surface area contributed by atoms with Crippen molar-refractivity contribution in [2.45, 2.75) is 57.8 Å². The summed E-state index contributed by atoms with van der Waals surface area (Å²) in [4.78, 5) is 0. The first kappa shape index (κ1) is 17.8. The Morgan fingerprint density at radius 1 is 1.13 bits per heavy atom. The third kappa shape index (κ3) is 6.20. The molecule has 0 amide bonds. The van der Waals surface area contributed by atoms with E-state index in [2.05, 4.69) is 37.3 Å². The van der Waals surface area contributed by atoms with Gasteiger partial charge < -0.3 is 4.74 Å². The number of hydrogen-bond donors (Lipinski definition) is 0. The summed E-state index contributed by atoms with van der Waals surface area (Å²) in [6.45, 7) is 3.88. The van der Waals surface area contributed by atoms with Gasteiger partial charge in [-0.2, -0.15) is 5.26 Å². The van der Waals surface area contributed by atoms with Crippen molar-refractivity contribution in [2.75, 3.05) is 13.2 Å². The van der Waals surface area contributed by atoms with E-state index < -0.39 is 0 Å². The number of allylic oxidation sites excluding steroid dienone is 1. The van der Waals surface area contributed by atoms with Gasteiger partial charge in [0.25, 0.3) is 0 Å². The highest BCUT2D eigenvalue weighted by Crippen LogP contribution is 2.35. The Hall–Kier alpha value is -1.59. The van der Waals surface area contributed by atoms with Gasteiger partial charge >= 0.3 is 0 Å². The highest BCUT2D eigenvalue weighted by atomic mass is 16.5. The second-order valence-electron chi connectivity index (χ2n) is 6.60. The van der Waals surface area contributed by atoms with Crippen LogP contribution in [-0.2, 0) is 4.74 Å². The van der Waals surface area contributed by atoms with Crippen LogP contribution in [0, 0.1) is 17.2 Å². The lowest BCUT2D eigenvalue weighted by Crippen LogP contribution is -2.18. The van der Waals surface area contributed by atoms with E-state index in [4.69, 9.17) is 10.00 Å². The van der Waals surface area contributed by atoms with Crippen LogP contribution in [-0.4, -0.2) is 13.2 Å². The summed E-state index contributed by atoms with van der Waals surface area (Å²) in [6, 6.07) is 10.3. The van der Waals surface area contributed by atoms with Gasteiger partial charge in [0.05, 0.1) is 18.2 Å². The molecule has 0 radical (unpaired) electrons. The smallest absolute Gasteiger partial charge is 0.0991 e. The SMILES string of the molecule is CCCCC=CCOCC1CCC(c2ccc(C#N)cc2)CC1. The van der Waals surface area contributed by atoms with Crippen LogP contribution in [0.25, 0.3) is 0 Å². The zero-order valence-electron chi connectivity index (χ0n) is 14.3. The van der Waals surface area contributed by atoms with E-state index in [1.807, 2.05) is 12.1 Å². The van der Waals surface area contributed by atoms with Crippen molar-refractivity contribution >= 4 is 0 Å². The van der Waals surface area contributed by atoms with Crippen molar-refractivity contribution in [2.24, 2.45) is 5.92 Å². The molecule has 2 heteroatoms. The zero-order chi connectivity index (χ0) is 16.3. The van der Waals surface area contributed by atoms with Crippen LogP contribution in [0.15, 0.2) is 36.4 Å². The molecule has 2 rings (SSSR count). The van der Waals surface area contributed by atoms with Gasteiger partial charge in [0.15, 0.2) is 0 Å². The van der Waals surface area contributed by atoms with Crippen molar-refractivity contribution in [1.82, 2.24) is 0 Å². The Morgan fingerprint density at radius 3 is 2.52 bits per heavy atom. The van der Waals surface area contributed by atoms with Gasteiger partial charge in [0.1, 0.15) is 0 Å². The van der Waals surface area contributed by atoms with E-state index in [1.54, 1.807) is 0 Å². The third-order valence-corrected chi connectivity index (χ3v) is 4.82. The van der Waals surface area contributed by atoms with Gasteiger partial charge in [0, 0.05) is 6.61 Å². The minimum atomic E-state index is 0.660. The van der Waals surface area contributed by atoms with E-state index in [9.17, 15) is 0 Å². The lowest BCUT2D eigenvalue weighted by atomic mass is 9.79. The van der Waals surface area contributed by atoms with E-state index >= 15 is 0 Å². The molecule has 23 heavy (non-hydrogen) atoms. The highest BCUT2D eigenvalue weighted by Gasteiger charge is 2.22. The molecule has 0 aliphatic heterocycles. The van der Waals surface area contributed by atoms with Crippen LogP contribution in [0.2, 0.25) is 0 Å². The molecule has 0 bridgehead atoms. The molecule has 1 fully saturated rings. The first-order chi connectivity index (χ1) is 11.3. The van der Waals surface area contributed by atoms with Gasteiger partial charge in [-0.05, 0) is 61.6 Å². The summed E-state index contributed by atoms with van der Waals surface area (Å²) in [5.74, 6) is 1.38. The second kappa shape index (κ2) is 10.2. The second-order valence-corrected chi connectivity index (χ2v) is 6.60. The topological polar surface area (TPSA) is 33.0 Å². The summed E-state index contributed by atoms with van der Waals surface area (Å²) in [6.07, 6.45) is 13.1. The van der Waals surface area contributed by atoms with Crippen LogP contribution < -0.4 is 0 Å². The molecule has 0 N–H and O–H groups in total. The normalized spacial score (nSPS) is 21.4. The summed E-state index contributed by atoms with van der Waals surface area (Å²) >= 11 is 0. The van der Waals surface area contributed by atoms with Crippen LogP contribution in [0.3, 0.4) is 0 Å². The molecule has 2 nitrogen and oxygen atoms in total. The molecule has 1 aliphatic rings. The fourth-order valence-electron chi connectivity index (χ4n) is 3.30. The van der Waals surface area contributed by atoms with Crippen molar-refractivity contribution in [1.29, 1.82) is 5.26 Å². The molecule has 1 aromatic rings. The van der Waals surface area contributed by atoms with Crippen molar-refractivity contribution in [3.63, 3.8) is 0 Å². The molecule has 0 heterocycles. The molecular formula is C21H29NO. The van der Waals surface area contributed by atoms with Crippen molar-refractivity contribution < 1.29 is 4.74 Å². The molecule has 0 saturated heterocycles. The Morgan fingerprint density at radius 2 is 1.87 bits per heavy atom. The largest absolute Gasteiger partial charge is 0.377 e. The van der Waals surface area contributed by atoms with E-state index in [-0.39, 0.29) is 0 Å². The monoisotopic (exact) mass is 311 g/mol. The average Bonchev–Trinajstić information content (AvgIpc) is 2.61. The molecule has 0 unspecified atom stereocenters. The predicted octanol–water partition coefficient (Wildman–Crippen LogP) is 5.60. The Kier molecular flexibility index (Phi) is 7.90. The fraction of sp³-hybridized carbons (Fsp3) is 0.571. The average molecular weight is 311 g/mol. The molecule has 0 atom stereocenters. The summed E-state index contributed by atoms with van der Waals surface area (Å²) < 4.78 is 5.80. The lowest BCUT2D eigenvalue weighted by Gasteiger charge is -2.28. The minimum Gasteiger partial charge on any atom is -0.377 e. The maximum absolute atomic E-state index is 8.87. The Labute approximate surface area is 141 Å². The number of benzene rings is 1. The lowest BCUT2D eigenvalue weighted by molar-refractivity contribution is 0.102. The molecule has 1 aliphatic carbocycles. The fourth-order valence-corrected chi connectivity index (χ4v) is 3.30. The molecule has 0 spiro atoms. The highest BCUT2D eigenvalue weighted by molar-refractivity contribution is 5.33. The first-order valence-corrected chi connectivity index (χ1v) is 9.06. The van der Waals surface area contributed by atoms with Crippen LogP contribution in [0.5, 0.6) is 0 Å². The van der Waals surface area contributed by atoms with Crippen molar-refractivity contribution in [3.8, 4) is 6.07 Å². The predicted molar refractivity (Wildman–Crippen MR) is 95.3 cm³/mol. The maximum atomic E-state index is 8.87. The number of unbranched alkanes of at least 4 members (excludes halogenated alkanes) is 2. The van der Waals surface area contributed by atoms with Crippen LogP contribution >= 0.6 is 0 Å². The van der Waals surface area contributed by atoms with E-state index in [0.717, 1.165) is 18.8 Å². The summed E-state index contributed by atoms with van der Waals surface area (Å²) in [7, 11) is 0. The molecule has 124 valence electrons. The molecule has 0 aromatic heterocycles. The quantitative estimate of drug-likeness (QED) is 0.463. The molecular weight excluding hydrogens is 282 g/mol.